The van der Waals surface area contributed by atoms with Gasteiger partial charge in [-0.05, 0) is 48.5 Å². The van der Waals surface area contributed by atoms with Gasteiger partial charge in [0.1, 0.15) is 0 Å². The summed E-state index contributed by atoms with van der Waals surface area (Å²) in [6.45, 7) is 0. The van der Waals surface area contributed by atoms with E-state index in [1.54, 1.807) is 0 Å². The van der Waals surface area contributed by atoms with Crippen LogP contribution in [0.3, 0.4) is 0 Å². The van der Waals surface area contributed by atoms with Gasteiger partial charge in [0.2, 0.25) is 0 Å². The Morgan fingerprint density at radius 1 is 0.532 bits per heavy atom. The molecule has 0 saturated carbocycles. The van der Waals surface area contributed by atoms with E-state index >= 15 is 0 Å². The number of nitrogens with zero attached hydrogens (tertiary/aromatic N) is 6. The molecular formula is C22H18N6O12P4RuS2-2. The van der Waals surface area contributed by atoms with Gasteiger partial charge in [-0.25, -0.2) is 0 Å². The second kappa shape index (κ2) is 19.4. The molecule has 0 aliphatic heterocycles. The molecule has 0 bridgehead atoms. The summed E-state index contributed by atoms with van der Waals surface area (Å²) < 4.78 is 44.4. The average molecular weight is 848 g/mol. The molecule has 0 aliphatic carbocycles. The number of isothiocyanates is 2. The van der Waals surface area contributed by atoms with Gasteiger partial charge < -0.3 is 59.1 Å². The largest absolute Gasteiger partial charge is 2.00 e. The third kappa shape index (κ3) is 15.5. The van der Waals surface area contributed by atoms with E-state index in [9.17, 15) is 28.0 Å². The molecule has 2 unspecified atom stereocenters. The number of aromatic nitrogens is 4. The summed E-state index contributed by atoms with van der Waals surface area (Å²) in [7, 11) is -18.2. The maximum Gasteiger partial charge on any atom is 2.00 e. The Labute approximate surface area is 288 Å². The summed E-state index contributed by atoms with van der Waals surface area (Å²) >= 11 is 7.40. The van der Waals surface area contributed by atoms with Crippen molar-refractivity contribution >= 4 is 86.4 Å². The predicted octanol–water partition coefficient (Wildman–Crippen LogP) is -0.450. The Hall–Kier alpha value is -2.58. The molecule has 0 spiro atoms. The maximum absolute atomic E-state index is 11.2. The number of hydrogen-bond donors (Lipinski definition) is 6. The Kier molecular flexibility index (Phi) is 18.4. The number of pyridine rings is 4. The molecule has 0 fully saturated rings. The first-order valence-corrected chi connectivity index (χ1v) is 18.5. The Bertz CT molecular complexity index is 1680. The molecule has 18 nitrogen and oxygen atoms in total. The van der Waals surface area contributed by atoms with E-state index < -0.39 is 30.4 Å². The molecule has 4 rings (SSSR count). The monoisotopic (exact) mass is 848 g/mol. The molecule has 25 heteroatoms. The van der Waals surface area contributed by atoms with Crippen molar-refractivity contribution in [2.75, 3.05) is 0 Å². The first-order chi connectivity index (χ1) is 21.2. The minimum atomic E-state index is -4.68. The van der Waals surface area contributed by atoms with Crippen LogP contribution in [-0.4, -0.2) is 59.6 Å². The van der Waals surface area contributed by atoms with Crippen molar-refractivity contribution in [2.45, 2.75) is 0 Å². The fraction of sp³-hybridized carbons (Fsp3) is 0. The van der Waals surface area contributed by atoms with E-state index in [-0.39, 0.29) is 63.5 Å². The molecule has 4 heterocycles. The molecule has 6 N–H and O–H groups in total. The minimum Gasteiger partial charge on any atom is -0.775 e. The molecule has 47 heavy (non-hydrogen) atoms. The zero-order chi connectivity index (χ0) is 35.3. The number of rotatable bonds is 6. The first-order valence-electron chi connectivity index (χ1n) is 11.3. The van der Waals surface area contributed by atoms with Gasteiger partial charge in [-0.15, -0.1) is 0 Å². The van der Waals surface area contributed by atoms with E-state index in [4.69, 9.17) is 40.2 Å². The van der Waals surface area contributed by atoms with Crippen LogP contribution in [0.1, 0.15) is 0 Å². The van der Waals surface area contributed by atoms with Gasteiger partial charge in [0.15, 0.2) is 15.2 Å². The fourth-order valence-corrected chi connectivity index (χ4v) is 5.14. The third-order valence-electron chi connectivity index (χ3n) is 4.82. The summed E-state index contributed by atoms with van der Waals surface area (Å²) in [5.74, 6) is 0. The van der Waals surface area contributed by atoms with Crippen LogP contribution in [0.25, 0.3) is 33.6 Å². The van der Waals surface area contributed by atoms with E-state index in [1.165, 1.54) is 22.7 Å². The standard InChI is InChI=1S/2C10H10N2O6P2.2CNS.Ru/c2*13-19(14,15)7-1-3-11-9(5-7)10-6-8(2-4-12-10)20(16,17)18;2*2-1-3;/h2*1-6H,(H2,13,14,15)(H2,16,17,18);;;/q;;2*-1;+2/p-2. The van der Waals surface area contributed by atoms with Gasteiger partial charge in [-0.2, -0.15) is 10.3 Å². The molecule has 0 saturated heterocycles. The van der Waals surface area contributed by atoms with Gasteiger partial charge in [0.25, 0.3) is 0 Å². The second-order valence-corrected chi connectivity index (χ2v) is 14.6. The zero-order valence-electron chi connectivity index (χ0n) is 22.7. The quantitative estimate of drug-likeness (QED) is 0.0619. The molecule has 250 valence electrons. The molecule has 0 radical (unpaired) electrons. The van der Waals surface area contributed by atoms with Crippen LogP contribution in [0, 0.1) is 0 Å². The molecule has 0 aromatic carbocycles. The average Bonchev–Trinajstić information content (AvgIpc) is 2.97. The van der Waals surface area contributed by atoms with Gasteiger partial charge in [-0.3, -0.25) is 29.1 Å². The summed E-state index contributed by atoms with van der Waals surface area (Å²) in [5, 5.41) is 15.7. The van der Waals surface area contributed by atoms with Crippen molar-refractivity contribution in [3.05, 3.63) is 84.1 Å². The number of thiocarbonyl (C=S) groups is 2. The Morgan fingerprint density at radius 3 is 0.915 bits per heavy atom. The molecule has 2 atom stereocenters. The topological polar surface area (TPSA) is 332 Å². The second-order valence-electron chi connectivity index (χ2n) is 7.91. The molecule has 0 amide bonds. The van der Waals surface area contributed by atoms with Gasteiger partial charge in [0.05, 0.1) is 33.4 Å². The van der Waals surface area contributed by atoms with Crippen molar-refractivity contribution in [1.29, 1.82) is 0 Å². The van der Waals surface area contributed by atoms with Crippen molar-refractivity contribution in [3.8, 4) is 22.8 Å². The normalized spacial score (nSPS) is 12.9. The zero-order valence-corrected chi connectivity index (χ0v) is 29.7. The van der Waals surface area contributed by atoms with Crippen LogP contribution >= 0.6 is 54.8 Å². The SMILES string of the molecule is O=P([O-])(O)c1ccnc(-c2cc(P(=O)(O)O)ccn2)c1.O=P([O-])(O)c1ccnc(-c2cc(P(=O)(O)O)ccn2)c1.[N-]=C=S.[N-]=C=S.[Ru+2]. The maximum atomic E-state index is 11.2. The summed E-state index contributed by atoms with van der Waals surface area (Å²) in [6.07, 6.45) is 4.65. The van der Waals surface area contributed by atoms with Crippen LogP contribution < -0.4 is 31.0 Å². The van der Waals surface area contributed by atoms with Crippen LogP contribution in [0.5, 0.6) is 0 Å². The van der Waals surface area contributed by atoms with Crippen molar-refractivity contribution in [1.82, 2.24) is 19.9 Å². The summed E-state index contributed by atoms with van der Waals surface area (Å²) in [6, 6.07) is 8.87. The van der Waals surface area contributed by atoms with Gasteiger partial charge in [-0.1, -0.05) is 24.4 Å². The molecule has 0 aliphatic rings. The van der Waals surface area contributed by atoms with Gasteiger partial charge in [0, 0.05) is 35.4 Å². The summed E-state index contributed by atoms with van der Waals surface area (Å²) in [5.41, 5.74) is 0.313. The van der Waals surface area contributed by atoms with Crippen molar-refractivity contribution < 1.29 is 76.9 Å². The molecule has 4 aromatic rings. The third-order valence-corrected chi connectivity index (χ3v) is 8.59. The smallest absolute Gasteiger partial charge is 0.775 e. The van der Waals surface area contributed by atoms with Crippen LogP contribution in [0.2, 0.25) is 0 Å². The summed E-state index contributed by atoms with van der Waals surface area (Å²) in [4.78, 5) is 91.8. The van der Waals surface area contributed by atoms with Crippen molar-refractivity contribution in [3.63, 3.8) is 0 Å². The Balaban J connectivity index is 0.000000757. The molecular weight excluding hydrogens is 829 g/mol. The Morgan fingerprint density at radius 2 is 0.723 bits per heavy atom. The van der Waals surface area contributed by atoms with Crippen LogP contribution in [0.15, 0.2) is 73.3 Å². The van der Waals surface area contributed by atoms with E-state index in [1.807, 2.05) is 0 Å². The minimum absolute atomic E-state index is 0. The van der Waals surface area contributed by atoms with E-state index in [0.717, 1.165) is 60.9 Å². The van der Waals surface area contributed by atoms with E-state index in [2.05, 4.69) is 44.4 Å². The van der Waals surface area contributed by atoms with Crippen LogP contribution in [0.4, 0.5) is 0 Å². The van der Waals surface area contributed by atoms with Crippen molar-refractivity contribution in [2.24, 2.45) is 0 Å². The van der Waals surface area contributed by atoms with Crippen LogP contribution in [-0.2, 0) is 37.7 Å². The first kappa shape index (κ1) is 44.4. The fourth-order valence-electron chi connectivity index (χ4n) is 2.95. The number of hydrogen-bond acceptors (Lipinski definition) is 12. The molecule has 4 aromatic heterocycles. The van der Waals surface area contributed by atoms with E-state index in [0.29, 0.717) is 0 Å². The van der Waals surface area contributed by atoms with Gasteiger partial charge >= 0.3 is 34.7 Å². The predicted molar refractivity (Wildman–Crippen MR) is 169 cm³/mol.